The number of carbonyl (C=O) groups excluding carboxylic acids is 1. The first kappa shape index (κ1) is 17.4. The number of benzene rings is 1. The molecule has 0 aliphatic heterocycles. The van der Waals surface area contributed by atoms with E-state index < -0.39 is 5.91 Å². The van der Waals surface area contributed by atoms with Crippen LogP contribution in [0.3, 0.4) is 0 Å². The molecule has 0 fully saturated rings. The van der Waals surface area contributed by atoms with Gasteiger partial charge in [-0.15, -0.1) is 17.0 Å². The Morgan fingerprint density at radius 2 is 2.10 bits per heavy atom. The molecule has 0 saturated heterocycles. The Kier molecular flexibility index (Phi) is 5.69. The number of nitrogens with two attached hydrogens (primary N) is 1. The summed E-state index contributed by atoms with van der Waals surface area (Å²) >= 11 is 5.90. The predicted octanol–water partition coefficient (Wildman–Crippen LogP) is 2.79. The average molecular weight is 375 g/mol. The van der Waals surface area contributed by atoms with Gasteiger partial charge in [-0.1, -0.05) is 29.3 Å². The normalized spacial score (nSPS) is 10.0. The third kappa shape index (κ3) is 3.92. The lowest BCUT2D eigenvalue weighted by molar-refractivity contribution is 0.0998. The summed E-state index contributed by atoms with van der Waals surface area (Å²) in [4.78, 5) is 11.3. The van der Waals surface area contributed by atoms with Crippen molar-refractivity contribution in [2.24, 2.45) is 5.73 Å². The lowest BCUT2D eigenvalue weighted by Crippen LogP contribution is -2.30. The summed E-state index contributed by atoms with van der Waals surface area (Å²) in [5.74, 6) is -1.11. The molecule has 7 heteroatoms. The molecule has 0 spiro atoms. The second-order valence-corrected chi connectivity index (χ2v) is 4.94. The number of hydrogen-bond donors (Lipinski definition) is 2. The maximum Gasteiger partial charge on any atom is 0.252 e. The summed E-state index contributed by atoms with van der Waals surface area (Å²) in [5.41, 5.74) is 6.43. The van der Waals surface area contributed by atoms with Gasteiger partial charge in [0.05, 0.1) is 17.1 Å². The van der Waals surface area contributed by atoms with Gasteiger partial charge in [-0.2, -0.15) is 0 Å². The summed E-state index contributed by atoms with van der Waals surface area (Å²) in [6, 6.07) is 6.05. The number of aryl methyl sites for hydroxylation is 1. The molecule has 1 heterocycles. The van der Waals surface area contributed by atoms with Crippen molar-refractivity contribution in [2.45, 2.75) is 13.5 Å². The number of halogens is 3. The van der Waals surface area contributed by atoms with Crippen LogP contribution in [0.15, 0.2) is 30.5 Å². The van der Waals surface area contributed by atoms with Gasteiger partial charge in [-0.25, -0.2) is 4.39 Å². The van der Waals surface area contributed by atoms with Gasteiger partial charge in [0.15, 0.2) is 0 Å². The van der Waals surface area contributed by atoms with Crippen LogP contribution in [0, 0.1) is 18.2 Å². The molecule has 3 N–H and O–H groups in total. The van der Waals surface area contributed by atoms with E-state index in [1.165, 1.54) is 22.9 Å². The van der Waals surface area contributed by atoms with Crippen molar-refractivity contribution in [3.63, 3.8) is 0 Å². The Hall–Kier alpha value is -1.66. The third-order valence-electron chi connectivity index (χ3n) is 2.91. The molecule has 21 heavy (non-hydrogen) atoms. The SMILES string of the molecule is Br.Cc1ccc(F)c(Cn2cc(Cl)cc(C(N)=O)c2=N)c1. The zero-order valence-electron chi connectivity index (χ0n) is 11.2. The Morgan fingerprint density at radius 3 is 2.71 bits per heavy atom. The smallest absolute Gasteiger partial charge is 0.252 e. The summed E-state index contributed by atoms with van der Waals surface area (Å²) < 4.78 is 15.1. The molecule has 2 rings (SSSR count). The van der Waals surface area contributed by atoms with E-state index in [1.54, 1.807) is 12.1 Å². The zero-order chi connectivity index (χ0) is 14.9. The summed E-state index contributed by atoms with van der Waals surface area (Å²) in [6.07, 6.45) is 1.47. The van der Waals surface area contributed by atoms with Crippen molar-refractivity contribution in [1.29, 1.82) is 5.41 Å². The van der Waals surface area contributed by atoms with Gasteiger partial charge in [0.2, 0.25) is 0 Å². The van der Waals surface area contributed by atoms with Crippen molar-refractivity contribution in [2.75, 3.05) is 0 Å². The van der Waals surface area contributed by atoms with Gasteiger partial charge in [0.25, 0.3) is 5.91 Å². The molecule has 0 radical (unpaired) electrons. The van der Waals surface area contributed by atoms with Crippen molar-refractivity contribution in [3.8, 4) is 0 Å². The van der Waals surface area contributed by atoms with E-state index >= 15 is 0 Å². The molecule has 0 aliphatic carbocycles. The standard InChI is InChI=1S/C14H13ClFN3O.BrH/c1-8-2-3-12(16)9(4-8)6-19-7-10(15)5-11(13(19)17)14(18)20;/h2-5,7,17H,6H2,1H3,(H2,18,20);1H. The molecular weight excluding hydrogens is 361 g/mol. The van der Waals surface area contributed by atoms with E-state index in [0.717, 1.165) is 5.56 Å². The summed E-state index contributed by atoms with van der Waals surface area (Å²) in [5, 5.41) is 8.19. The second-order valence-electron chi connectivity index (χ2n) is 4.51. The van der Waals surface area contributed by atoms with Crippen LogP contribution in [0.2, 0.25) is 5.02 Å². The first-order valence-electron chi connectivity index (χ1n) is 5.88. The van der Waals surface area contributed by atoms with Crippen LogP contribution in [-0.2, 0) is 6.54 Å². The fourth-order valence-electron chi connectivity index (χ4n) is 1.93. The fraction of sp³-hybridized carbons (Fsp3) is 0.143. The third-order valence-corrected chi connectivity index (χ3v) is 3.12. The molecule has 0 unspecified atom stereocenters. The Morgan fingerprint density at radius 1 is 1.43 bits per heavy atom. The molecule has 0 atom stereocenters. The summed E-state index contributed by atoms with van der Waals surface area (Å²) in [6.45, 7) is 1.95. The van der Waals surface area contributed by atoms with Crippen LogP contribution in [0.5, 0.6) is 0 Å². The topological polar surface area (TPSA) is 71.9 Å². The molecule has 0 bridgehead atoms. The number of nitrogens with zero attached hydrogens (tertiary/aromatic N) is 1. The van der Waals surface area contributed by atoms with Gasteiger partial charge < -0.3 is 10.3 Å². The highest BCUT2D eigenvalue weighted by Crippen LogP contribution is 2.13. The molecular formula is C14H14BrClFN3O. The number of nitrogens with one attached hydrogen (secondary N) is 1. The lowest BCUT2D eigenvalue weighted by atomic mass is 10.1. The summed E-state index contributed by atoms with van der Waals surface area (Å²) in [7, 11) is 0. The maximum absolute atomic E-state index is 13.7. The van der Waals surface area contributed by atoms with Crippen molar-refractivity contribution < 1.29 is 9.18 Å². The van der Waals surface area contributed by atoms with Crippen LogP contribution in [0.25, 0.3) is 0 Å². The minimum absolute atomic E-state index is 0. The van der Waals surface area contributed by atoms with Crippen LogP contribution in [0.1, 0.15) is 21.5 Å². The minimum atomic E-state index is -0.740. The Labute approximate surface area is 136 Å². The minimum Gasteiger partial charge on any atom is -0.365 e. The number of hydrogen-bond acceptors (Lipinski definition) is 2. The van der Waals surface area contributed by atoms with E-state index in [2.05, 4.69) is 0 Å². The maximum atomic E-state index is 13.7. The van der Waals surface area contributed by atoms with Gasteiger partial charge in [-0.05, 0) is 19.1 Å². The number of primary amides is 1. The van der Waals surface area contributed by atoms with Gasteiger partial charge in [-0.3, -0.25) is 10.2 Å². The first-order chi connectivity index (χ1) is 9.38. The number of carbonyl (C=O) groups is 1. The lowest BCUT2D eigenvalue weighted by Gasteiger charge is -2.11. The molecule has 112 valence electrons. The highest BCUT2D eigenvalue weighted by Gasteiger charge is 2.10. The average Bonchev–Trinajstić information content (AvgIpc) is 2.37. The number of pyridine rings is 1. The molecule has 0 saturated carbocycles. The number of aromatic nitrogens is 1. The van der Waals surface area contributed by atoms with Gasteiger partial charge >= 0.3 is 0 Å². The number of amides is 1. The fourth-order valence-corrected chi connectivity index (χ4v) is 2.16. The molecule has 1 aromatic carbocycles. The van der Waals surface area contributed by atoms with E-state index in [1.807, 2.05) is 6.92 Å². The largest absolute Gasteiger partial charge is 0.365 e. The Balaban J connectivity index is 0.00000220. The van der Waals surface area contributed by atoms with Gasteiger partial charge in [0, 0.05) is 11.8 Å². The van der Waals surface area contributed by atoms with Crippen LogP contribution < -0.4 is 11.2 Å². The molecule has 0 aliphatic rings. The number of rotatable bonds is 3. The van der Waals surface area contributed by atoms with Crippen molar-refractivity contribution >= 4 is 34.5 Å². The zero-order valence-corrected chi connectivity index (χ0v) is 13.7. The molecule has 2 aromatic rings. The molecule has 1 amide bonds. The second kappa shape index (κ2) is 6.87. The monoisotopic (exact) mass is 373 g/mol. The predicted molar refractivity (Wildman–Crippen MR) is 84.4 cm³/mol. The van der Waals surface area contributed by atoms with E-state index in [-0.39, 0.29) is 45.4 Å². The first-order valence-corrected chi connectivity index (χ1v) is 6.25. The van der Waals surface area contributed by atoms with Crippen LogP contribution in [-0.4, -0.2) is 10.5 Å². The molecule has 4 nitrogen and oxygen atoms in total. The highest BCUT2D eigenvalue weighted by molar-refractivity contribution is 8.93. The van der Waals surface area contributed by atoms with Crippen molar-refractivity contribution in [1.82, 2.24) is 4.57 Å². The highest BCUT2D eigenvalue weighted by atomic mass is 79.9. The quantitative estimate of drug-likeness (QED) is 0.852. The van der Waals surface area contributed by atoms with Crippen LogP contribution >= 0.6 is 28.6 Å². The van der Waals surface area contributed by atoms with E-state index in [9.17, 15) is 9.18 Å². The Bertz CT molecular complexity index is 745. The molecule has 1 aromatic heterocycles. The van der Waals surface area contributed by atoms with Crippen LogP contribution in [0.4, 0.5) is 4.39 Å². The van der Waals surface area contributed by atoms with Gasteiger partial charge in [0.1, 0.15) is 11.3 Å². The van der Waals surface area contributed by atoms with E-state index in [4.69, 9.17) is 22.7 Å². The van der Waals surface area contributed by atoms with Crippen molar-refractivity contribution in [3.05, 3.63) is 63.5 Å². The van der Waals surface area contributed by atoms with E-state index in [0.29, 0.717) is 5.56 Å².